The van der Waals surface area contributed by atoms with E-state index in [1.54, 1.807) is 24.1 Å². The lowest BCUT2D eigenvalue weighted by Gasteiger charge is -2.21. The topological polar surface area (TPSA) is 75.5 Å². The lowest BCUT2D eigenvalue weighted by atomic mass is 10.1. The predicted octanol–water partition coefficient (Wildman–Crippen LogP) is 1.80. The first kappa shape index (κ1) is 16.1. The van der Waals surface area contributed by atoms with Crippen LogP contribution in [0.2, 0.25) is 0 Å². The lowest BCUT2D eigenvalue weighted by molar-refractivity contribution is -0.384. The average Bonchev–Trinajstić information content (AvgIpc) is 2.44. The van der Waals surface area contributed by atoms with Gasteiger partial charge in [0.05, 0.1) is 4.92 Å². The fraction of sp³-hybridized carbons (Fsp3) is 0.500. The molecule has 0 aliphatic rings. The van der Waals surface area contributed by atoms with Crippen LogP contribution in [-0.2, 0) is 11.3 Å². The highest BCUT2D eigenvalue weighted by Gasteiger charge is 2.17. The second-order valence-electron chi connectivity index (χ2n) is 4.83. The molecule has 0 spiro atoms. The average molecular weight is 279 g/mol. The van der Waals surface area contributed by atoms with E-state index in [0.29, 0.717) is 13.1 Å². The number of nitrogens with one attached hydrogen (secondary N) is 1. The Morgan fingerprint density at radius 3 is 2.80 bits per heavy atom. The molecule has 0 heterocycles. The van der Waals surface area contributed by atoms with E-state index in [-0.39, 0.29) is 17.5 Å². The first-order valence-corrected chi connectivity index (χ1v) is 6.64. The number of non-ortho nitro benzene ring substituents is 1. The first-order valence-electron chi connectivity index (χ1n) is 6.64. The molecule has 6 heteroatoms. The largest absolute Gasteiger partial charge is 0.341 e. The maximum atomic E-state index is 12.1. The van der Waals surface area contributed by atoms with E-state index >= 15 is 0 Å². The summed E-state index contributed by atoms with van der Waals surface area (Å²) in [5.74, 6) is -0.0869. The van der Waals surface area contributed by atoms with Crippen molar-refractivity contribution in [2.45, 2.75) is 20.4 Å². The van der Waals surface area contributed by atoms with Crippen LogP contribution >= 0.6 is 0 Å². The second-order valence-corrected chi connectivity index (χ2v) is 4.83. The van der Waals surface area contributed by atoms with Crippen molar-refractivity contribution < 1.29 is 9.72 Å². The van der Waals surface area contributed by atoms with Crippen LogP contribution in [0.5, 0.6) is 0 Å². The molecule has 1 amide bonds. The van der Waals surface area contributed by atoms with Gasteiger partial charge >= 0.3 is 0 Å². The van der Waals surface area contributed by atoms with Gasteiger partial charge in [-0.2, -0.15) is 0 Å². The normalized spacial score (nSPS) is 11.9. The highest BCUT2D eigenvalue weighted by Crippen LogP contribution is 2.15. The summed E-state index contributed by atoms with van der Waals surface area (Å²) in [4.78, 5) is 24.0. The molecular weight excluding hydrogens is 258 g/mol. The maximum Gasteiger partial charge on any atom is 0.269 e. The van der Waals surface area contributed by atoms with E-state index in [1.165, 1.54) is 12.1 Å². The third kappa shape index (κ3) is 4.62. The van der Waals surface area contributed by atoms with Gasteiger partial charge in [-0.15, -0.1) is 0 Å². The van der Waals surface area contributed by atoms with Crippen molar-refractivity contribution in [3.05, 3.63) is 39.9 Å². The standard InChI is InChI=1S/C14H21N3O3/c1-4-15-9-11(2)14(18)16(3)10-12-6-5-7-13(8-12)17(19)20/h5-8,11,15H,4,9-10H2,1-3H3. The molecule has 0 aromatic heterocycles. The zero-order chi connectivity index (χ0) is 15.1. The van der Waals surface area contributed by atoms with Crippen LogP contribution < -0.4 is 5.32 Å². The molecule has 0 saturated carbocycles. The van der Waals surface area contributed by atoms with Gasteiger partial charge in [-0.25, -0.2) is 0 Å². The predicted molar refractivity (Wildman–Crippen MR) is 77.3 cm³/mol. The number of carbonyl (C=O) groups excluding carboxylic acids is 1. The Labute approximate surface area is 118 Å². The number of hydrogen-bond donors (Lipinski definition) is 1. The SMILES string of the molecule is CCNCC(C)C(=O)N(C)Cc1cccc([N+](=O)[O-])c1. The first-order chi connectivity index (χ1) is 9.45. The van der Waals surface area contributed by atoms with Crippen LogP contribution in [-0.4, -0.2) is 35.9 Å². The van der Waals surface area contributed by atoms with Crippen molar-refractivity contribution in [1.29, 1.82) is 0 Å². The molecule has 0 radical (unpaired) electrons. The van der Waals surface area contributed by atoms with Crippen LogP contribution in [0, 0.1) is 16.0 Å². The number of carbonyl (C=O) groups is 1. The third-order valence-corrected chi connectivity index (χ3v) is 3.04. The molecule has 0 aliphatic carbocycles. The number of nitro groups is 1. The molecule has 0 saturated heterocycles. The molecule has 1 aromatic carbocycles. The number of benzene rings is 1. The van der Waals surface area contributed by atoms with Gasteiger partial charge in [-0.05, 0) is 12.1 Å². The molecule has 6 nitrogen and oxygen atoms in total. The van der Waals surface area contributed by atoms with E-state index < -0.39 is 4.92 Å². The number of nitrogens with zero attached hydrogens (tertiary/aromatic N) is 2. The van der Waals surface area contributed by atoms with Crippen LogP contribution in [0.1, 0.15) is 19.4 Å². The lowest BCUT2D eigenvalue weighted by Crippen LogP contribution is -2.36. The van der Waals surface area contributed by atoms with Crippen LogP contribution in [0.25, 0.3) is 0 Å². The summed E-state index contributed by atoms with van der Waals surface area (Å²) >= 11 is 0. The van der Waals surface area contributed by atoms with E-state index in [9.17, 15) is 14.9 Å². The molecule has 0 bridgehead atoms. The van der Waals surface area contributed by atoms with E-state index in [0.717, 1.165) is 12.1 Å². The van der Waals surface area contributed by atoms with Gasteiger partial charge < -0.3 is 10.2 Å². The second kappa shape index (κ2) is 7.59. The molecule has 1 rings (SSSR count). The summed E-state index contributed by atoms with van der Waals surface area (Å²) in [5.41, 5.74) is 0.801. The Morgan fingerprint density at radius 1 is 1.50 bits per heavy atom. The van der Waals surface area contributed by atoms with E-state index in [2.05, 4.69) is 5.32 Å². The summed E-state index contributed by atoms with van der Waals surface area (Å²) in [6.07, 6.45) is 0. The van der Waals surface area contributed by atoms with Gasteiger partial charge in [0, 0.05) is 38.2 Å². The van der Waals surface area contributed by atoms with Gasteiger partial charge in [-0.3, -0.25) is 14.9 Å². The number of rotatable bonds is 7. The van der Waals surface area contributed by atoms with Crippen molar-refractivity contribution in [1.82, 2.24) is 10.2 Å². The molecule has 1 atom stereocenters. The van der Waals surface area contributed by atoms with Crippen molar-refractivity contribution >= 4 is 11.6 Å². The zero-order valence-electron chi connectivity index (χ0n) is 12.1. The monoisotopic (exact) mass is 279 g/mol. The summed E-state index contributed by atoms with van der Waals surface area (Å²) in [7, 11) is 1.71. The van der Waals surface area contributed by atoms with Crippen LogP contribution in [0.15, 0.2) is 24.3 Å². The molecule has 1 N–H and O–H groups in total. The van der Waals surface area contributed by atoms with Crippen molar-refractivity contribution in [2.24, 2.45) is 5.92 Å². The molecule has 110 valence electrons. The molecule has 1 aromatic rings. The highest BCUT2D eigenvalue weighted by molar-refractivity contribution is 5.78. The van der Waals surface area contributed by atoms with E-state index in [1.807, 2.05) is 13.8 Å². The minimum Gasteiger partial charge on any atom is -0.341 e. The number of nitro benzene ring substituents is 1. The Morgan fingerprint density at radius 2 is 2.20 bits per heavy atom. The van der Waals surface area contributed by atoms with Crippen LogP contribution in [0.4, 0.5) is 5.69 Å². The van der Waals surface area contributed by atoms with Gasteiger partial charge in [0.25, 0.3) is 5.69 Å². The molecular formula is C14H21N3O3. The van der Waals surface area contributed by atoms with Gasteiger partial charge in [0.15, 0.2) is 0 Å². The smallest absolute Gasteiger partial charge is 0.269 e. The minimum atomic E-state index is -0.431. The van der Waals surface area contributed by atoms with Gasteiger partial charge in [0.1, 0.15) is 0 Å². The highest BCUT2D eigenvalue weighted by atomic mass is 16.6. The summed E-state index contributed by atoms with van der Waals surface area (Å²) in [5, 5.41) is 13.9. The Hall–Kier alpha value is -1.95. The molecule has 20 heavy (non-hydrogen) atoms. The molecule has 0 fully saturated rings. The van der Waals surface area contributed by atoms with Crippen LogP contribution in [0.3, 0.4) is 0 Å². The fourth-order valence-electron chi connectivity index (χ4n) is 1.94. The van der Waals surface area contributed by atoms with Crippen molar-refractivity contribution in [3.63, 3.8) is 0 Å². The quantitative estimate of drug-likeness (QED) is 0.610. The number of amides is 1. The van der Waals surface area contributed by atoms with Gasteiger partial charge in [0.2, 0.25) is 5.91 Å². The molecule has 1 unspecified atom stereocenters. The summed E-state index contributed by atoms with van der Waals surface area (Å²) in [6, 6.07) is 6.36. The van der Waals surface area contributed by atoms with Crippen molar-refractivity contribution in [2.75, 3.05) is 20.1 Å². The Kier molecular flexibility index (Phi) is 6.11. The minimum absolute atomic E-state index is 0.0254. The number of hydrogen-bond acceptors (Lipinski definition) is 4. The summed E-state index contributed by atoms with van der Waals surface area (Å²) < 4.78 is 0. The van der Waals surface area contributed by atoms with Crippen molar-refractivity contribution in [3.8, 4) is 0 Å². The zero-order valence-corrected chi connectivity index (χ0v) is 12.1. The Bertz CT molecular complexity index is 476. The molecule has 0 aliphatic heterocycles. The van der Waals surface area contributed by atoms with E-state index in [4.69, 9.17) is 0 Å². The Balaban J connectivity index is 2.65. The third-order valence-electron chi connectivity index (χ3n) is 3.04. The fourth-order valence-corrected chi connectivity index (χ4v) is 1.94. The summed E-state index contributed by atoms with van der Waals surface area (Å²) in [6.45, 7) is 5.69. The van der Waals surface area contributed by atoms with Gasteiger partial charge in [-0.1, -0.05) is 26.0 Å². The maximum absolute atomic E-state index is 12.1.